The molecule has 0 unspecified atom stereocenters. The summed E-state index contributed by atoms with van der Waals surface area (Å²) in [5.74, 6) is -0.786. The summed E-state index contributed by atoms with van der Waals surface area (Å²) >= 11 is 0. The third kappa shape index (κ3) is 4.76. The SMILES string of the molecule is Cc1cccc(N2CCN(C(=O)[C@H](C)NS(=O)(=O)c3ccc(F)cc3)CC2)c1C. The zero-order valence-corrected chi connectivity index (χ0v) is 17.7. The summed E-state index contributed by atoms with van der Waals surface area (Å²) in [6, 6.07) is 9.79. The first-order valence-electron chi connectivity index (χ1n) is 9.57. The van der Waals surface area contributed by atoms with Gasteiger partial charge in [-0.15, -0.1) is 0 Å². The van der Waals surface area contributed by atoms with Crippen molar-refractivity contribution in [2.24, 2.45) is 0 Å². The van der Waals surface area contributed by atoms with E-state index in [1.807, 2.05) is 6.07 Å². The molecule has 0 aliphatic carbocycles. The van der Waals surface area contributed by atoms with E-state index in [1.165, 1.54) is 35.9 Å². The fourth-order valence-corrected chi connectivity index (χ4v) is 4.68. The number of sulfonamides is 1. The van der Waals surface area contributed by atoms with Gasteiger partial charge in [-0.3, -0.25) is 4.79 Å². The largest absolute Gasteiger partial charge is 0.368 e. The first-order valence-corrected chi connectivity index (χ1v) is 11.1. The highest BCUT2D eigenvalue weighted by Gasteiger charge is 2.28. The molecule has 0 saturated carbocycles. The van der Waals surface area contributed by atoms with E-state index in [-0.39, 0.29) is 10.8 Å². The highest BCUT2D eigenvalue weighted by Crippen LogP contribution is 2.24. The predicted molar refractivity (Wildman–Crippen MR) is 111 cm³/mol. The maximum absolute atomic E-state index is 13.0. The van der Waals surface area contributed by atoms with Crippen LogP contribution in [0.2, 0.25) is 0 Å². The number of hydrogen-bond acceptors (Lipinski definition) is 4. The molecule has 3 rings (SSSR count). The van der Waals surface area contributed by atoms with Gasteiger partial charge in [-0.25, -0.2) is 12.8 Å². The molecule has 1 aliphatic rings. The molecule has 1 N–H and O–H groups in total. The molecule has 2 aromatic carbocycles. The Morgan fingerprint density at radius 1 is 1.03 bits per heavy atom. The Balaban J connectivity index is 1.61. The average Bonchev–Trinajstić information content (AvgIpc) is 2.69. The number of piperazine rings is 1. The molecule has 1 heterocycles. The van der Waals surface area contributed by atoms with Crippen LogP contribution < -0.4 is 9.62 Å². The summed E-state index contributed by atoms with van der Waals surface area (Å²) in [6.45, 7) is 8.12. The van der Waals surface area contributed by atoms with E-state index >= 15 is 0 Å². The van der Waals surface area contributed by atoms with Crippen LogP contribution in [0, 0.1) is 19.7 Å². The molecule has 1 aliphatic heterocycles. The lowest BCUT2D eigenvalue weighted by molar-refractivity contribution is -0.132. The number of carbonyl (C=O) groups is 1. The molecule has 0 bridgehead atoms. The number of nitrogens with one attached hydrogen (secondary N) is 1. The van der Waals surface area contributed by atoms with Crippen LogP contribution in [-0.4, -0.2) is 51.4 Å². The smallest absolute Gasteiger partial charge is 0.241 e. The molecule has 2 aromatic rings. The third-order valence-electron chi connectivity index (χ3n) is 5.33. The molecular formula is C21H26FN3O3S. The Bertz CT molecular complexity index is 985. The van der Waals surface area contributed by atoms with Crippen molar-refractivity contribution >= 4 is 21.6 Å². The van der Waals surface area contributed by atoms with Crippen LogP contribution in [0.1, 0.15) is 18.1 Å². The van der Waals surface area contributed by atoms with E-state index in [0.29, 0.717) is 26.2 Å². The van der Waals surface area contributed by atoms with E-state index in [9.17, 15) is 17.6 Å². The lowest BCUT2D eigenvalue weighted by Gasteiger charge is -2.38. The van der Waals surface area contributed by atoms with Crippen LogP contribution in [-0.2, 0) is 14.8 Å². The number of rotatable bonds is 5. The number of carbonyl (C=O) groups excluding carboxylic acids is 1. The zero-order valence-electron chi connectivity index (χ0n) is 16.9. The molecule has 0 spiro atoms. The van der Waals surface area contributed by atoms with Crippen molar-refractivity contribution in [2.75, 3.05) is 31.1 Å². The van der Waals surface area contributed by atoms with E-state index in [1.54, 1.807) is 4.90 Å². The Kier molecular flexibility index (Phi) is 6.24. The first kappa shape index (κ1) is 21.3. The van der Waals surface area contributed by atoms with Crippen molar-refractivity contribution in [2.45, 2.75) is 31.7 Å². The minimum absolute atomic E-state index is 0.0710. The number of benzene rings is 2. The van der Waals surface area contributed by atoms with Crippen LogP contribution in [0.4, 0.5) is 10.1 Å². The van der Waals surface area contributed by atoms with Gasteiger partial charge in [0.05, 0.1) is 10.9 Å². The lowest BCUT2D eigenvalue weighted by atomic mass is 10.1. The minimum atomic E-state index is -3.90. The molecular weight excluding hydrogens is 393 g/mol. The summed E-state index contributed by atoms with van der Waals surface area (Å²) in [5, 5.41) is 0. The summed E-state index contributed by atoms with van der Waals surface area (Å²) in [6.07, 6.45) is 0. The zero-order chi connectivity index (χ0) is 21.2. The third-order valence-corrected chi connectivity index (χ3v) is 6.89. The maximum atomic E-state index is 13.0. The number of hydrogen-bond donors (Lipinski definition) is 1. The molecule has 0 radical (unpaired) electrons. The molecule has 0 aromatic heterocycles. The summed E-state index contributed by atoms with van der Waals surface area (Å²) in [5.41, 5.74) is 3.62. The van der Waals surface area contributed by atoms with E-state index < -0.39 is 21.9 Å². The second-order valence-electron chi connectivity index (χ2n) is 7.33. The molecule has 1 atom stereocenters. The van der Waals surface area contributed by atoms with Crippen LogP contribution >= 0.6 is 0 Å². The van der Waals surface area contributed by atoms with E-state index in [2.05, 4.69) is 35.6 Å². The van der Waals surface area contributed by atoms with E-state index in [4.69, 9.17) is 0 Å². The molecule has 1 saturated heterocycles. The maximum Gasteiger partial charge on any atom is 0.241 e. The van der Waals surface area contributed by atoms with Gasteiger partial charge < -0.3 is 9.80 Å². The summed E-state index contributed by atoms with van der Waals surface area (Å²) in [7, 11) is -3.90. The van der Waals surface area contributed by atoms with Crippen molar-refractivity contribution in [3.8, 4) is 0 Å². The second-order valence-corrected chi connectivity index (χ2v) is 9.04. The van der Waals surface area contributed by atoms with Crippen LogP contribution in [0.25, 0.3) is 0 Å². The van der Waals surface area contributed by atoms with Gasteiger partial charge in [-0.1, -0.05) is 12.1 Å². The minimum Gasteiger partial charge on any atom is -0.368 e. The van der Waals surface area contributed by atoms with Gasteiger partial charge in [0.25, 0.3) is 0 Å². The fraction of sp³-hybridized carbons (Fsp3) is 0.381. The highest BCUT2D eigenvalue weighted by atomic mass is 32.2. The van der Waals surface area contributed by atoms with Crippen LogP contribution in [0.15, 0.2) is 47.4 Å². The van der Waals surface area contributed by atoms with Crippen molar-refractivity contribution in [1.82, 2.24) is 9.62 Å². The quantitative estimate of drug-likeness (QED) is 0.808. The van der Waals surface area contributed by atoms with Gasteiger partial charge in [0.2, 0.25) is 15.9 Å². The summed E-state index contributed by atoms with van der Waals surface area (Å²) < 4.78 is 40.3. The van der Waals surface area contributed by atoms with Crippen LogP contribution in [0.3, 0.4) is 0 Å². The highest BCUT2D eigenvalue weighted by molar-refractivity contribution is 7.89. The first-order chi connectivity index (χ1) is 13.7. The van der Waals surface area contributed by atoms with Crippen molar-refractivity contribution < 1.29 is 17.6 Å². The Morgan fingerprint density at radius 2 is 1.66 bits per heavy atom. The number of anilines is 1. The van der Waals surface area contributed by atoms with Crippen molar-refractivity contribution in [3.63, 3.8) is 0 Å². The van der Waals surface area contributed by atoms with Gasteiger partial charge in [-0.05, 0) is 62.2 Å². The Morgan fingerprint density at radius 3 is 2.28 bits per heavy atom. The number of halogens is 1. The molecule has 29 heavy (non-hydrogen) atoms. The molecule has 6 nitrogen and oxygen atoms in total. The van der Waals surface area contributed by atoms with Gasteiger partial charge >= 0.3 is 0 Å². The molecule has 8 heteroatoms. The van der Waals surface area contributed by atoms with E-state index in [0.717, 1.165) is 12.1 Å². The van der Waals surface area contributed by atoms with Crippen molar-refractivity contribution in [1.29, 1.82) is 0 Å². The van der Waals surface area contributed by atoms with Crippen molar-refractivity contribution in [3.05, 3.63) is 59.4 Å². The fourth-order valence-electron chi connectivity index (χ4n) is 3.48. The predicted octanol–water partition coefficient (Wildman–Crippen LogP) is 2.46. The molecule has 1 amide bonds. The number of amides is 1. The number of aryl methyl sites for hydroxylation is 1. The topological polar surface area (TPSA) is 69.7 Å². The Hall–Kier alpha value is -2.45. The van der Waals surface area contributed by atoms with Gasteiger partial charge in [0, 0.05) is 31.9 Å². The molecule has 156 valence electrons. The average molecular weight is 420 g/mol. The lowest BCUT2D eigenvalue weighted by Crippen LogP contribution is -2.54. The van der Waals surface area contributed by atoms with Gasteiger partial charge in [-0.2, -0.15) is 4.72 Å². The van der Waals surface area contributed by atoms with Gasteiger partial charge in [0.15, 0.2) is 0 Å². The summed E-state index contributed by atoms with van der Waals surface area (Å²) in [4.78, 5) is 16.6. The normalized spacial score (nSPS) is 16.0. The van der Waals surface area contributed by atoms with Crippen LogP contribution in [0.5, 0.6) is 0 Å². The monoisotopic (exact) mass is 419 g/mol. The van der Waals surface area contributed by atoms with Gasteiger partial charge in [0.1, 0.15) is 5.82 Å². The molecule has 1 fully saturated rings. The standard InChI is InChI=1S/C21H26FN3O3S/c1-15-5-4-6-20(16(15)2)24-11-13-25(14-12-24)21(26)17(3)23-29(27,28)19-9-7-18(22)8-10-19/h4-10,17,23H,11-14H2,1-3H3/t17-/m0/s1. The second kappa shape index (κ2) is 8.51. The Labute approximate surface area is 171 Å². The number of nitrogens with zero attached hydrogens (tertiary/aromatic N) is 2.